The van der Waals surface area contributed by atoms with Crippen molar-refractivity contribution in [2.24, 2.45) is 0 Å². The number of hydrogen-bond donors (Lipinski definition) is 2. The van der Waals surface area contributed by atoms with E-state index >= 15 is 0 Å². The summed E-state index contributed by atoms with van der Waals surface area (Å²) in [6.45, 7) is 2.38. The van der Waals surface area contributed by atoms with Gasteiger partial charge in [-0.3, -0.25) is 4.79 Å². The van der Waals surface area contributed by atoms with E-state index in [2.05, 4.69) is 20.8 Å². The van der Waals surface area contributed by atoms with E-state index in [0.717, 1.165) is 5.69 Å². The fourth-order valence-electron chi connectivity index (χ4n) is 2.84. The maximum atomic E-state index is 14.4. The third-order valence-electron chi connectivity index (χ3n) is 4.20. The van der Waals surface area contributed by atoms with Crippen molar-refractivity contribution in [1.82, 2.24) is 10.2 Å². The Balaban J connectivity index is 1.41. The number of halogens is 1. The molecule has 1 aromatic heterocycles. The van der Waals surface area contributed by atoms with Gasteiger partial charge in [-0.05, 0) is 30.3 Å². The summed E-state index contributed by atoms with van der Waals surface area (Å²) >= 11 is 0. The molecule has 1 aliphatic rings. The minimum absolute atomic E-state index is 0.0881. The molecular weight excluding hydrogens is 365 g/mol. The van der Waals surface area contributed by atoms with Gasteiger partial charge in [-0.25, -0.2) is 4.39 Å². The zero-order valence-corrected chi connectivity index (χ0v) is 14.9. The van der Waals surface area contributed by atoms with Crippen molar-refractivity contribution in [1.29, 1.82) is 0 Å². The molecule has 0 bridgehead atoms. The number of nitrogens with one attached hydrogen (secondary N) is 2. The topological polar surface area (TPSA) is 92.5 Å². The Morgan fingerprint density at radius 1 is 1.04 bits per heavy atom. The van der Waals surface area contributed by atoms with Crippen molar-refractivity contribution in [3.05, 3.63) is 60.2 Å². The van der Waals surface area contributed by atoms with E-state index < -0.39 is 11.7 Å². The van der Waals surface area contributed by atoms with Crippen molar-refractivity contribution in [3.63, 3.8) is 0 Å². The number of morpholine rings is 1. The molecule has 9 heteroatoms. The first kappa shape index (κ1) is 17.9. The molecule has 0 unspecified atom stereocenters. The largest absolute Gasteiger partial charge is 0.399 e. The van der Waals surface area contributed by atoms with E-state index in [4.69, 9.17) is 9.15 Å². The quantitative estimate of drug-likeness (QED) is 0.699. The smallest absolute Gasteiger partial charge is 0.320 e. The summed E-state index contributed by atoms with van der Waals surface area (Å²) in [5.74, 6) is -1.26. The Labute approximate surface area is 160 Å². The third kappa shape index (κ3) is 4.09. The van der Waals surface area contributed by atoms with Crippen LogP contribution in [0.4, 0.5) is 27.5 Å². The Hall–Kier alpha value is -3.46. The number of carbonyl (C=O) groups excluding carboxylic acids is 1. The van der Waals surface area contributed by atoms with Crippen molar-refractivity contribution < 1.29 is 18.3 Å². The van der Waals surface area contributed by atoms with E-state index in [1.165, 1.54) is 6.07 Å². The predicted octanol–water partition coefficient (Wildman–Crippen LogP) is 3.04. The van der Waals surface area contributed by atoms with Gasteiger partial charge >= 0.3 is 17.8 Å². The number of aromatic nitrogens is 2. The number of anilines is 4. The lowest BCUT2D eigenvalue weighted by molar-refractivity contribution is 0.0991. The number of hydrogen-bond acceptors (Lipinski definition) is 7. The molecule has 1 saturated heterocycles. The molecule has 2 aromatic carbocycles. The molecule has 1 aliphatic heterocycles. The van der Waals surface area contributed by atoms with Crippen LogP contribution in [0.25, 0.3) is 0 Å². The summed E-state index contributed by atoms with van der Waals surface area (Å²) in [6.07, 6.45) is 0. The molecule has 0 aliphatic carbocycles. The van der Waals surface area contributed by atoms with Gasteiger partial charge in [0.05, 0.1) is 18.9 Å². The van der Waals surface area contributed by atoms with E-state index in [1.54, 1.807) is 12.1 Å². The summed E-state index contributed by atoms with van der Waals surface area (Å²) in [5, 5.41) is 13.0. The monoisotopic (exact) mass is 383 g/mol. The van der Waals surface area contributed by atoms with Gasteiger partial charge in [-0.15, -0.1) is 5.10 Å². The van der Waals surface area contributed by atoms with Crippen LogP contribution in [0.5, 0.6) is 0 Å². The van der Waals surface area contributed by atoms with Crippen molar-refractivity contribution in [2.45, 2.75) is 0 Å². The molecule has 0 spiro atoms. The third-order valence-corrected chi connectivity index (χ3v) is 4.20. The highest BCUT2D eigenvalue weighted by molar-refractivity contribution is 6.01. The van der Waals surface area contributed by atoms with Gasteiger partial charge in [-0.2, -0.15) is 0 Å². The zero-order chi connectivity index (χ0) is 19.3. The Morgan fingerprint density at radius 3 is 2.57 bits per heavy atom. The molecule has 0 radical (unpaired) electrons. The summed E-state index contributed by atoms with van der Waals surface area (Å²) in [5.41, 5.74) is 1.53. The number of carbonyl (C=O) groups is 1. The van der Waals surface area contributed by atoms with Gasteiger partial charge in [0.2, 0.25) is 0 Å². The van der Waals surface area contributed by atoms with Gasteiger partial charge in [0.1, 0.15) is 5.82 Å². The van der Waals surface area contributed by atoms with E-state index in [9.17, 15) is 9.18 Å². The lowest BCUT2D eigenvalue weighted by Gasteiger charge is -2.29. The molecule has 4 rings (SSSR count). The number of amides is 1. The molecule has 2 N–H and O–H groups in total. The van der Waals surface area contributed by atoms with Crippen molar-refractivity contribution >= 4 is 29.0 Å². The van der Waals surface area contributed by atoms with E-state index in [0.29, 0.717) is 37.7 Å². The van der Waals surface area contributed by atoms with Crippen molar-refractivity contribution in [2.75, 3.05) is 41.8 Å². The molecular formula is C19H18FN5O3. The first-order valence-electron chi connectivity index (χ1n) is 8.78. The second kappa shape index (κ2) is 8.05. The number of nitrogens with zero attached hydrogens (tertiary/aromatic N) is 3. The van der Waals surface area contributed by atoms with Crippen LogP contribution < -0.4 is 15.5 Å². The Kier molecular flexibility index (Phi) is 5.16. The SMILES string of the molecule is O=C(Nc1ccc(N2CCOCC2)c(F)c1)c1nnc(Nc2ccccc2)o1. The lowest BCUT2D eigenvalue weighted by Crippen LogP contribution is -2.36. The summed E-state index contributed by atoms with van der Waals surface area (Å²) in [7, 11) is 0. The summed E-state index contributed by atoms with van der Waals surface area (Å²) < 4.78 is 25.0. The molecule has 3 aromatic rings. The van der Waals surface area contributed by atoms with Crippen LogP contribution in [0.15, 0.2) is 52.9 Å². The van der Waals surface area contributed by atoms with Crippen LogP contribution in [0.2, 0.25) is 0 Å². The van der Waals surface area contributed by atoms with E-state index in [1.807, 2.05) is 35.2 Å². The van der Waals surface area contributed by atoms with Crippen LogP contribution in [-0.4, -0.2) is 42.4 Å². The molecule has 0 saturated carbocycles. The second-order valence-corrected chi connectivity index (χ2v) is 6.12. The zero-order valence-electron chi connectivity index (χ0n) is 14.9. The van der Waals surface area contributed by atoms with Gasteiger partial charge < -0.3 is 24.7 Å². The molecule has 1 amide bonds. The molecule has 0 atom stereocenters. The number of rotatable bonds is 5. The molecule has 8 nitrogen and oxygen atoms in total. The average molecular weight is 383 g/mol. The van der Waals surface area contributed by atoms with Gasteiger partial charge in [-0.1, -0.05) is 23.3 Å². The van der Waals surface area contributed by atoms with E-state index in [-0.39, 0.29) is 11.9 Å². The Bertz CT molecular complexity index is 957. The van der Waals surface area contributed by atoms with Crippen LogP contribution in [-0.2, 0) is 4.74 Å². The van der Waals surface area contributed by atoms with Gasteiger partial charge in [0.15, 0.2) is 0 Å². The second-order valence-electron chi connectivity index (χ2n) is 6.12. The number of benzene rings is 2. The summed E-state index contributed by atoms with van der Waals surface area (Å²) in [6, 6.07) is 13.8. The normalized spacial score (nSPS) is 14.0. The fourth-order valence-corrected chi connectivity index (χ4v) is 2.84. The molecule has 144 valence electrons. The van der Waals surface area contributed by atoms with Gasteiger partial charge in [0.25, 0.3) is 0 Å². The summed E-state index contributed by atoms with van der Waals surface area (Å²) in [4.78, 5) is 14.2. The van der Waals surface area contributed by atoms with Crippen LogP contribution >= 0.6 is 0 Å². The predicted molar refractivity (Wildman–Crippen MR) is 101 cm³/mol. The highest BCUT2D eigenvalue weighted by Crippen LogP contribution is 2.24. The maximum absolute atomic E-state index is 14.4. The highest BCUT2D eigenvalue weighted by atomic mass is 19.1. The number of para-hydroxylation sites is 1. The molecule has 28 heavy (non-hydrogen) atoms. The standard InChI is InChI=1S/C19H18FN5O3/c20-15-12-14(6-7-16(15)25-8-10-27-11-9-25)21-17(26)18-23-24-19(28-18)22-13-4-2-1-3-5-13/h1-7,12H,8-11H2,(H,21,26)(H,22,24). The van der Waals surface area contributed by atoms with Gasteiger partial charge in [0, 0.05) is 24.5 Å². The maximum Gasteiger partial charge on any atom is 0.320 e. The van der Waals surface area contributed by atoms with Crippen LogP contribution in [0.1, 0.15) is 10.7 Å². The fraction of sp³-hybridized carbons (Fsp3) is 0.211. The average Bonchev–Trinajstić information content (AvgIpc) is 3.18. The van der Waals surface area contributed by atoms with Crippen LogP contribution in [0.3, 0.4) is 0 Å². The minimum atomic E-state index is -0.618. The lowest BCUT2D eigenvalue weighted by atomic mass is 10.2. The molecule has 1 fully saturated rings. The van der Waals surface area contributed by atoms with Crippen molar-refractivity contribution in [3.8, 4) is 0 Å². The molecule has 2 heterocycles. The Morgan fingerprint density at radius 2 is 1.82 bits per heavy atom. The number of ether oxygens (including phenoxy) is 1. The van der Waals surface area contributed by atoms with Crippen LogP contribution in [0, 0.1) is 5.82 Å². The highest BCUT2D eigenvalue weighted by Gasteiger charge is 2.18. The minimum Gasteiger partial charge on any atom is -0.399 e. The first-order chi connectivity index (χ1) is 13.7. The first-order valence-corrected chi connectivity index (χ1v) is 8.78.